The standard InChI is InChI=1S/C20H32N4O2.HI/c1-20(14-26-15-20)13-23-19(21-2)22-12-18(24-10-4-5-11-24)16-6-8-17(25-3)9-7-16;/h6-9,18H,4-5,10-15H2,1-3H3,(H2,21,22,23);1H. The Morgan fingerprint density at radius 3 is 2.41 bits per heavy atom. The van der Waals surface area contributed by atoms with E-state index < -0.39 is 0 Å². The van der Waals surface area contributed by atoms with Gasteiger partial charge in [0.05, 0.1) is 26.4 Å². The average Bonchev–Trinajstić information content (AvgIpc) is 3.17. The van der Waals surface area contributed by atoms with E-state index in [0.29, 0.717) is 6.04 Å². The zero-order valence-corrected chi connectivity index (χ0v) is 19.0. The molecule has 2 fully saturated rings. The van der Waals surface area contributed by atoms with E-state index in [1.54, 1.807) is 7.11 Å². The van der Waals surface area contributed by atoms with E-state index in [4.69, 9.17) is 9.47 Å². The molecule has 1 unspecified atom stereocenters. The van der Waals surface area contributed by atoms with Crippen LogP contribution in [0.1, 0.15) is 31.4 Å². The lowest BCUT2D eigenvalue weighted by atomic mass is 9.89. The third-order valence-electron chi connectivity index (χ3n) is 5.35. The van der Waals surface area contributed by atoms with Crippen LogP contribution in [-0.2, 0) is 4.74 Å². The van der Waals surface area contributed by atoms with Gasteiger partial charge in [0.2, 0.25) is 0 Å². The zero-order valence-electron chi connectivity index (χ0n) is 16.7. The van der Waals surface area contributed by atoms with Crippen molar-refractivity contribution in [2.75, 3.05) is 53.6 Å². The molecule has 1 aromatic carbocycles. The maximum absolute atomic E-state index is 5.33. The van der Waals surface area contributed by atoms with Crippen molar-refractivity contribution in [2.24, 2.45) is 10.4 Å². The number of nitrogens with one attached hydrogen (secondary N) is 2. The summed E-state index contributed by atoms with van der Waals surface area (Å²) in [5.74, 6) is 1.76. The fraction of sp³-hybridized carbons (Fsp3) is 0.650. The van der Waals surface area contributed by atoms with Crippen molar-refractivity contribution in [1.29, 1.82) is 0 Å². The summed E-state index contributed by atoms with van der Waals surface area (Å²) in [5.41, 5.74) is 1.54. The maximum Gasteiger partial charge on any atom is 0.191 e. The SMILES string of the molecule is CN=C(NCC(c1ccc(OC)cc1)N1CCCC1)NCC1(C)COC1.I. The first-order valence-corrected chi connectivity index (χ1v) is 9.54. The molecule has 27 heavy (non-hydrogen) atoms. The summed E-state index contributed by atoms with van der Waals surface area (Å²) in [6.07, 6.45) is 2.55. The number of benzene rings is 1. The van der Waals surface area contributed by atoms with Crippen molar-refractivity contribution in [2.45, 2.75) is 25.8 Å². The molecule has 1 aromatic rings. The fourth-order valence-electron chi connectivity index (χ4n) is 3.60. The van der Waals surface area contributed by atoms with Gasteiger partial charge in [0.1, 0.15) is 5.75 Å². The Morgan fingerprint density at radius 2 is 1.89 bits per heavy atom. The molecule has 2 aliphatic heterocycles. The van der Waals surface area contributed by atoms with E-state index in [0.717, 1.165) is 51.1 Å². The molecule has 7 heteroatoms. The van der Waals surface area contributed by atoms with Crippen LogP contribution in [0.2, 0.25) is 0 Å². The van der Waals surface area contributed by atoms with Crippen molar-refractivity contribution in [3.8, 4) is 5.75 Å². The van der Waals surface area contributed by atoms with Gasteiger partial charge in [0, 0.05) is 25.6 Å². The van der Waals surface area contributed by atoms with E-state index in [9.17, 15) is 0 Å². The third-order valence-corrected chi connectivity index (χ3v) is 5.35. The van der Waals surface area contributed by atoms with E-state index in [1.165, 1.54) is 18.4 Å². The number of rotatable bonds is 7. The van der Waals surface area contributed by atoms with Gasteiger partial charge in [-0.15, -0.1) is 24.0 Å². The van der Waals surface area contributed by atoms with Crippen LogP contribution in [-0.4, -0.2) is 64.4 Å². The smallest absolute Gasteiger partial charge is 0.191 e. The summed E-state index contributed by atoms with van der Waals surface area (Å²) in [5, 5.41) is 6.97. The molecule has 0 saturated carbocycles. The Bertz CT molecular complexity index is 599. The molecule has 0 bridgehead atoms. The molecule has 2 saturated heterocycles. The van der Waals surface area contributed by atoms with Crippen molar-refractivity contribution in [1.82, 2.24) is 15.5 Å². The van der Waals surface area contributed by atoms with Crippen LogP contribution in [0.4, 0.5) is 0 Å². The van der Waals surface area contributed by atoms with Crippen molar-refractivity contribution >= 4 is 29.9 Å². The van der Waals surface area contributed by atoms with Gasteiger partial charge in [-0.2, -0.15) is 0 Å². The second-order valence-corrected chi connectivity index (χ2v) is 7.64. The number of ether oxygens (including phenoxy) is 2. The molecule has 6 nitrogen and oxygen atoms in total. The lowest BCUT2D eigenvalue weighted by Gasteiger charge is -2.38. The predicted molar refractivity (Wildman–Crippen MR) is 120 cm³/mol. The molecule has 2 aliphatic rings. The number of methoxy groups -OCH3 is 1. The van der Waals surface area contributed by atoms with E-state index >= 15 is 0 Å². The van der Waals surface area contributed by atoms with Crippen molar-refractivity contribution < 1.29 is 9.47 Å². The number of halogens is 1. The Hall–Kier alpha value is -1.06. The summed E-state index contributed by atoms with van der Waals surface area (Å²) in [6.45, 7) is 7.89. The molecule has 152 valence electrons. The molecular weight excluding hydrogens is 455 g/mol. The van der Waals surface area contributed by atoms with Crippen LogP contribution in [0.5, 0.6) is 5.75 Å². The predicted octanol–water partition coefficient (Wildman–Crippen LogP) is 2.65. The van der Waals surface area contributed by atoms with Gasteiger partial charge in [0.15, 0.2) is 5.96 Å². The van der Waals surface area contributed by atoms with Crippen molar-refractivity contribution in [3.63, 3.8) is 0 Å². The Morgan fingerprint density at radius 1 is 1.22 bits per heavy atom. The highest BCUT2D eigenvalue weighted by atomic mass is 127. The summed E-state index contributed by atoms with van der Waals surface area (Å²) in [6, 6.07) is 8.77. The summed E-state index contributed by atoms with van der Waals surface area (Å²) >= 11 is 0. The molecule has 1 atom stereocenters. The van der Waals surface area contributed by atoms with Crippen LogP contribution in [0.15, 0.2) is 29.3 Å². The molecule has 0 aliphatic carbocycles. The first-order valence-electron chi connectivity index (χ1n) is 9.54. The van der Waals surface area contributed by atoms with Gasteiger partial charge in [0.25, 0.3) is 0 Å². The lowest BCUT2D eigenvalue weighted by molar-refractivity contribution is -0.0971. The van der Waals surface area contributed by atoms with Gasteiger partial charge in [-0.3, -0.25) is 9.89 Å². The zero-order chi connectivity index (χ0) is 18.4. The Balaban J connectivity index is 0.00000261. The highest BCUT2D eigenvalue weighted by Gasteiger charge is 2.33. The molecule has 2 N–H and O–H groups in total. The topological polar surface area (TPSA) is 58.1 Å². The highest BCUT2D eigenvalue weighted by Crippen LogP contribution is 2.27. The molecule has 0 radical (unpaired) electrons. The monoisotopic (exact) mass is 488 g/mol. The minimum Gasteiger partial charge on any atom is -0.497 e. The Labute approximate surface area is 180 Å². The fourth-order valence-corrected chi connectivity index (χ4v) is 3.60. The van der Waals surface area contributed by atoms with Crippen LogP contribution in [0, 0.1) is 5.41 Å². The summed E-state index contributed by atoms with van der Waals surface area (Å²) < 4.78 is 10.6. The third kappa shape index (κ3) is 5.96. The summed E-state index contributed by atoms with van der Waals surface area (Å²) in [4.78, 5) is 6.94. The number of likely N-dealkylation sites (tertiary alicyclic amines) is 1. The van der Waals surface area contributed by atoms with Gasteiger partial charge in [-0.1, -0.05) is 19.1 Å². The second kappa shape index (κ2) is 10.5. The molecule has 0 aromatic heterocycles. The number of aliphatic imine (C=N–C) groups is 1. The quantitative estimate of drug-likeness (QED) is 0.351. The molecular formula is C20H33IN4O2. The average molecular weight is 488 g/mol. The number of nitrogens with zero attached hydrogens (tertiary/aromatic N) is 2. The van der Waals surface area contributed by atoms with Gasteiger partial charge < -0.3 is 20.1 Å². The summed E-state index contributed by atoms with van der Waals surface area (Å²) in [7, 11) is 3.53. The van der Waals surface area contributed by atoms with Crippen molar-refractivity contribution in [3.05, 3.63) is 29.8 Å². The minimum atomic E-state index is 0. The molecule has 2 heterocycles. The van der Waals surface area contributed by atoms with Crippen LogP contribution >= 0.6 is 24.0 Å². The first kappa shape index (κ1) is 22.2. The van der Waals surface area contributed by atoms with Crippen LogP contribution < -0.4 is 15.4 Å². The minimum absolute atomic E-state index is 0. The van der Waals surface area contributed by atoms with Gasteiger partial charge >= 0.3 is 0 Å². The normalized spacial score (nSPS) is 20.3. The largest absolute Gasteiger partial charge is 0.497 e. The van der Waals surface area contributed by atoms with E-state index in [-0.39, 0.29) is 29.4 Å². The van der Waals surface area contributed by atoms with Gasteiger partial charge in [-0.05, 0) is 43.6 Å². The second-order valence-electron chi connectivity index (χ2n) is 7.64. The van der Waals surface area contributed by atoms with Gasteiger partial charge in [-0.25, -0.2) is 0 Å². The number of guanidine groups is 1. The van der Waals surface area contributed by atoms with E-state index in [1.807, 2.05) is 19.2 Å². The van der Waals surface area contributed by atoms with Crippen LogP contribution in [0.3, 0.4) is 0 Å². The molecule has 0 spiro atoms. The number of hydrogen-bond donors (Lipinski definition) is 2. The Kier molecular flexibility index (Phi) is 8.62. The highest BCUT2D eigenvalue weighted by molar-refractivity contribution is 14.0. The van der Waals surface area contributed by atoms with E-state index in [2.05, 4.69) is 39.6 Å². The molecule has 3 rings (SSSR count). The maximum atomic E-state index is 5.33. The van der Waals surface area contributed by atoms with Crippen LogP contribution in [0.25, 0.3) is 0 Å². The number of hydrogen-bond acceptors (Lipinski definition) is 4. The molecule has 0 amide bonds. The first-order chi connectivity index (χ1) is 12.6. The lowest BCUT2D eigenvalue weighted by Crippen LogP contribution is -2.51.